The Morgan fingerprint density at radius 3 is 1.72 bits per heavy atom. The standard InChI is InChI=1S/C22H20N6O2.C13H14N2O.C9H7ClN4O/c1-13-15(12-29)10-28(26-13)20-7-8-23-22(25-20)24-16-5-6-19-17(9-16)18(11-27(19)2)21(30)14-3-4-14;1-15-7-11(13(16)8-2-3-8)10-6-9(14)4-5-12(10)15;1-6-7(5-15)4-14(13-6)8-2-3-11-9(10)12-8/h5-12,14H,3-4H2,1-2H3,(H,23,24,25);4-8H,2-3,14H2,1H3;2-5H,1H3. The van der Waals surface area contributed by atoms with E-state index in [2.05, 4.69) is 35.5 Å². The summed E-state index contributed by atoms with van der Waals surface area (Å²) in [7, 11) is 3.91. The number of anilines is 3. The van der Waals surface area contributed by atoms with E-state index in [0.717, 1.165) is 76.9 Å². The van der Waals surface area contributed by atoms with Crippen LogP contribution in [0.4, 0.5) is 17.3 Å². The summed E-state index contributed by atoms with van der Waals surface area (Å²) in [5.41, 5.74) is 13.3. The molecule has 6 aromatic heterocycles. The number of ketones is 2. The van der Waals surface area contributed by atoms with Crippen molar-refractivity contribution in [2.75, 3.05) is 11.1 Å². The first-order valence-electron chi connectivity index (χ1n) is 19.5. The van der Waals surface area contributed by atoms with E-state index >= 15 is 0 Å². The summed E-state index contributed by atoms with van der Waals surface area (Å²) in [4.78, 5) is 63.0. The third kappa shape index (κ3) is 8.70. The number of hydrogen-bond donors (Lipinski definition) is 2. The van der Waals surface area contributed by atoms with Gasteiger partial charge in [0.05, 0.1) is 22.5 Å². The zero-order chi connectivity index (χ0) is 42.9. The quantitative estimate of drug-likeness (QED) is 0.0599. The number of hydrogen-bond acceptors (Lipinski definition) is 12. The number of carbonyl (C=O) groups is 4. The molecule has 6 heterocycles. The van der Waals surface area contributed by atoms with Gasteiger partial charge in [-0.25, -0.2) is 19.3 Å². The molecule has 2 aliphatic carbocycles. The van der Waals surface area contributed by atoms with E-state index in [4.69, 9.17) is 17.3 Å². The van der Waals surface area contributed by atoms with Gasteiger partial charge in [-0.15, -0.1) is 0 Å². The van der Waals surface area contributed by atoms with Crippen molar-refractivity contribution >= 4 is 74.9 Å². The Labute approximate surface area is 354 Å². The molecule has 0 saturated heterocycles. The lowest BCUT2D eigenvalue weighted by atomic mass is 10.1. The predicted molar refractivity (Wildman–Crippen MR) is 231 cm³/mol. The van der Waals surface area contributed by atoms with Crippen molar-refractivity contribution in [3.63, 3.8) is 0 Å². The van der Waals surface area contributed by atoms with Crippen LogP contribution in [0.25, 0.3) is 33.4 Å². The molecule has 0 atom stereocenters. The SMILES string of the molecule is Cc1nn(-c2ccnc(Cl)n2)cc1C=O.Cc1nn(-c2ccnc(Nc3ccc4c(c3)c(C(=O)C3CC3)cn4C)n2)cc1C=O.Cn1cc(C(=O)C2CC2)c2cc(N)ccc21. The van der Waals surface area contributed by atoms with E-state index in [1.54, 1.807) is 49.3 Å². The van der Waals surface area contributed by atoms with Crippen molar-refractivity contribution in [1.82, 2.24) is 48.6 Å². The molecule has 8 aromatic rings. The molecule has 0 aliphatic heterocycles. The topological polar surface area (TPSA) is 203 Å². The second-order valence-electron chi connectivity index (χ2n) is 15.1. The number of aryl methyl sites for hydroxylation is 4. The average Bonchev–Trinajstić information content (AvgIpc) is 4.17. The smallest absolute Gasteiger partial charge is 0.229 e. The van der Waals surface area contributed by atoms with E-state index in [0.29, 0.717) is 45.8 Å². The molecular formula is C44H41ClN12O4. The van der Waals surface area contributed by atoms with Crippen LogP contribution in [0, 0.1) is 25.7 Å². The van der Waals surface area contributed by atoms with Crippen molar-refractivity contribution in [3.8, 4) is 11.6 Å². The van der Waals surface area contributed by atoms with E-state index in [1.807, 2.05) is 72.0 Å². The minimum atomic E-state index is 0.147. The van der Waals surface area contributed by atoms with Crippen LogP contribution in [-0.4, -0.2) is 72.8 Å². The Kier molecular flexibility index (Phi) is 11.1. The average molecular weight is 837 g/mol. The number of nitrogens with two attached hydrogens (primary N) is 1. The lowest BCUT2D eigenvalue weighted by Gasteiger charge is -2.07. The van der Waals surface area contributed by atoms with Gasteiger partial charge in [0.25, 0.3) is 0 Å². The van der Waals surface area contributed by atoms with Gasteiger partial charge in [0.15, 0.2) is 35.8 Å². The number of nitrogens with one attached hydrogen (secondary N) is 1. The minimum absolute atomic E-state index is 0.147. The summed E-state index contributed by atoms with van der Waals surface area (Å²) in [6.45, 7) is 3.53. The summed E-state index contributed by atoms with van der Waals surface area (Å²) in [5, 5.41) is 13.7. The van der Waals surface area contributed by atoms with E-state index in [9.17, 15) is 19.2 Å². The van der Waals surface area contributed by atoms with Crippen LogP contribution in [0.15, 0.2) is 85.7 Å². The van der Waals surface area contributed by atoms with E-state index in [1.165, 1.54) is 10.9 Å². The number of carbonyl (C=O) groups excluding carboxylic acids is 4. The van der Waals surface area contributed by atoms with Crippen LogP contribution in [0.1, 0.15) is 78.5 Å². The Morgan fingerprint density at radius 2 is 1.21 bits per heavy atom. The van der Waals surface area contributed by atoms with Crippen molar-refractivity contribution in [2.24, 2.45) is 25.9 Å². The first-order valence-corrected chi connectivity index (χ1v) is 19.9. The zero-order valence-electron chi connectivity index (χ0n) is 33.8. The van der Waals surface area contributed by atoms with E-state index in [-0.39, 0.29) is 28.7 Å². The molecule has 10 rings (SSSR count). The monoisotopic (exact) mass is 836 g/mol. The normalized spacial score (nSPS) is 13.3. The molecule has 61 heavy (non-hydrogen) atoms. The Hall–Kier alpha value is -7.33. The summed E-state index contributed by atoms with van der Waals surface area (Å²) >= 11 is 5.64. The number of Topliss-reactive ketones (excluding diaryl/α,β-unsaturated/α-hetero) is 2. The molecule has 0 bridgehead atoms. The number of nitrogen functional groups attached to an aromatic ring is 1. The van der Waals surface area contributed by atoms with Crippen molar-refractivity contribution in [3.05, 3.63) is 125 Å². The lowest BCUT2D eigenvalue weighted by Crippen LogP contribution is -2.03. The van der Waals surface area contributed by atoms with Gasteiger partial charge < -0.3 is 20.2 Å². The Balaban J connectivity index is 0.000000139. The maximum absolute atomic E-state index is 12.7. The largest absolute Gasteiger partial charge is 0.399 e. The molecule has 0 amide bonds. The van der Waals surface area contributed by atoms with Gasteiger partial charge in [0.1, 0.15) is 0 Å². The third-order valence-electron chi connectivity index (χ3n) is 10.5. The highest BCUT2D eigenvalue weighted by molar-refractivity contribution is 6.28. The Bertz CT molecular complexity index is 2990. The number of rotatable bonds is 10. The van der Waals surface area contributed by atoms with Gasteiger partial charge in [-0.3, -0.25) is 19.2 Å². The number of fused-ring (bicyclic) bond motifs is 2. The first-order chi connectivity index (χ1) is 29.4. The van der Waals surface area contributed by atoms with Crippen LogP contribution in [0.5, 0.6) is 0 Å². The van der Waals surface area contributed by atoms with Gasteiger partial charge >= 0.3 is 0 Å². The fraction of sp³-hybridized carbons (Fsp3) is 0.227. The predicted octanol–water partition coefficient (Wildman–Crippen LogP) is 7.40. The summed E-state index contributed by atoms with van der Waals surface area (Å²) in [6.07, 6.45) is 15.8. The number of halogens is 1. The highest BCUT2D eigenvalue weighted by Gasteiger charge is 2.33. The molecule has 16 nitrogen and oxygen atoms in total. The lowest BCUT2D eigenvalue weighted by molar-refractivity contribution is 0.0961. The number of benzene rings is 2. The minimum Gasteiger partial charge on any atom is -0.399 e. The molecule has 0 spiro atoms. The van der Waals surface area contributed by atoms with Crippen LogP contribution < -0.4 is 11.1 Å². The molecule has 0 radical (unpaired) electrons. The molecule has 0 unspecified atom stereocenters. The highest BCUT2D eigenvalue weighted by atomic mass is 35.5. The van der Waals surface area contributed by atoms with Crippen molar-refractivity contribution in [2.45, 2.75) is 39.5 Å². The Morgan fingerprint density at radius 1 is 0.705 bits per heavy atom. The second kappa shape index (κ2) is 16.7. The maximum Gasteiger partial charge on any atom is 0.229 e. The fourth-order valence-corrected chi connectivity index (χ4v) is 7.08. The van der Waals surface area contributed by atoms with Gasteiger partial charge in [0.2, 0.25) is 11.2 Å². The molecule has 2 saturated carbocycles. The maximum atomic E-state index is 12.7. The van der Waals surface area contributed by atoms with Crippen LogP contribution >= 0.6 is 11.6 Å². The van der Waals surface area contributed by atoms with Crippen LogP contribution in [0.2, 0.25) is 5.28 Å². The number of nitrogens with zero attached hydrogens (tertiary/aromatic N) is 10. The van der Waals surface area contributed by atoms with Crippen molar-refractivity contribution < 1.29 is 19.2 Å². The van der Waals surface area contributed by atoms with Crippen molar-refractivity contribution in [1.29, 1.82) is 0 Å². The van der Waals surface area contributed by atoms with Crippen LogP contribution in [-0.2, 0) is 14.1 Å². The summed E-state index contributed by atoms with van der Waals surface area (Å²) < 4.78 is 7.02. The second-order valence-corrected chi connectivity index (χ2v) is 15.4. The molecule has 2 aromatic carbocycles. The molecule has 308 valence electrons. The number of aromatic nitrogens is 10. The summed E-state index contributed by atoms with van der Waals surface area (Å²) in [6, 6.07) is 15.0. The summed E-state index contributed by atoms with van der Waals surface area (Å²) in [5.74, 6) is 2.40. The van der Waals surface area contributed by atoms with Gasteiger partial charge in [-0.2, -0.15) is 20.2 Å². The van der Waals surface area contributed by atoms with Gasteiger partial charge in [0, 0.05) is 120 Å². The highest BCUT2D eigenvalue weighted by Crippen LogP contribution is 2.37. The van der Waals surface area contributed by atoms with E-state index < -0.39 is 0 Å². The molecule has 17 heteroatoms. The molecule has 2 aliphatic rings. The fourth-order valence-electron chi connectivity index (χ4n) is 6.94. The van der Waals surface area contributed by atoms with Crippen LogP contribution in [0.3, 0.4) is 0 Å². The molecule has 3 N–H and O–H groups in total. The zero-order valence-corrected chi connectivity index (χ0v) is 34.5. The number of aldehydes is 2. The molecule has 2 fully saturated rings. The first kappa shape index (κ1) is 40.4. The van der Waals surface area contributed by atoms with Gasteiger partial charge in [-0.1, -0.05) is 0 Å². The third-order valence-corrected chi connectivity index (χ3v) is 10.7. The van der Waals surface area contributed by atoms with Gasteiger partial charge in [-0.05, 0) is 87.5 Å². The molecular weight excluding hydrogens is 796 g/mol.